The van der Waals surface area contributed by atoms with E-state index in [0.717, 1.165) is 49.7 Å². The number of urea groups is 1. The Labute approximate surface area is 151 Å². The third kappa shape index (κ3) is 4.53. The van der Waals surface area contributed by atoms with Gasteiger partial charge in [0.15, 0.2) is 0 Å². The van der Waals surface area contributed by atoms with E-state index in [1.54, 1.807) is 23.1 Å². The number of anilines is 1. The van der Waals surface area contributed by atoms with E-state index < -0.39 is 0 Å². The minimum atomic E-state index is 0.00823. The summed E-state index contributed by atoms with van der Waals surface area (Å²) >= 11 is 3.39. The number of nitrogens with zero attached hydrogens (tertiary/aromatic N) is 2. The number of rotatable bonds is 4. The van der Waals surface area contributed by atoms with E-state index in [1.807, 2.05) is 35.4 Å². The zero-order valence-corrected chi connectivity index (χ0v) is 15.5. The summed E-state index contributed by atoms with van der Waals surface area (Å²) in [5, 5.41) is 7.39. The predicted molar refractivity (Wildman–Crippen MR) is 103 cm³/mol. The van der Waals surface area contributed by atoms with Crippen LogP contribution in [0.15, 0.2) is 46.0 Å². The molecule has 1 aromatic heterocycles. The van der Waals surface area contributed by atoms with Crippen LogP contribution in [-0.4, -0.2) is 48.3 Å². The van der Waals surface area contributed by atoms with Crippen molar-refractivity contribution in [2.75, 3.05) is 37.8 Å². The Morgan fingerprint density at radius 1 is 1.21 bits per heavy atom. The molecule has 1 aliphatic rings. The standard InChI is InChI=1S/C18H23N3OS2/c1-23-17-6-3-2-5-16(17)19-18(22)21-9-4-8-20(10-11-21)13-15-7-12-24-14-15/h2-3,5-7,12,14H,4,8-11,13H2,1H3,(H,19,22). The smallest absolute Gasteiger partial charge is 0.321 e. The molecule has 128 valence electrons. The minimum absolute atomic E-state index is 0.00823. The Morgan fingerprint density at radius 3 is 2.88 bits per heavy atom. The Hall–Kier alpha value is -1.50. The van der Waals surface area contributed by atoms with Gasteiger partial charge in [0, 0.05) is 37.6 Å². The number of hydrogen-bond donors (Lipinski definition) is 1. The average Bonchev–Trinajstić information content (AvgIpc) is 2.99. The lowest BCUT2D eigenvalue weighted by atomic mass is 10.3. The van der Waals surface area contributed by atoms with Crippen molar-refractivity contribution < 1.29 is 4.79 Å². The molecule has 1 saturated heterocycles. The number of thiophene rings is 1. The number of thioether (sulfide) groups is 1. The fourth-order valence-corrected chi connectivity index (χ4v) is 4.13. The van der Waals surface area contributed by atoms with Gasteiger partial charge >= 0.3 is 6.03 Å². The summed E-state index contributed by atoms with van der Waals surface area (Å²) in [4.78, 5) is 18.1. The van der Waals surface area contributed by atoms with Crippen molar-refractivity contribution in [1.82, 2.24) is 9.80 Å². The second-order valence-corrected chi connectivity index (χ2v) is 7.51. The van der Waals surface area contributed by atoms with Crippen LogP contribution in [0.2, 0.25) is 0 Å². The number of benzene rings is 1. The number of amides is 2. The van der Waals surface area contributed by atoms with Gasteiger partial charge in [0.25, 0.3) is 0 Å². The van der Waals surface area contributed by atoms with E-state index in [-0.39, 0.29) is 6.03 Å². The Morgan fingerprint density at radius 2 is 2.08 bits per heavy atom. The van der Waals surface area contributed by atoms with E-state index in [4.69, 9.17) is 0 Å². The first-order valence-electron chi connectivity index (χ1n) is 8.18. The molecule has 6 heteroatoms. The molecule has 2 amide bonds. The lowest BCUT2D eigenvalue weighted by Gasteiger charge is -2.22. The fourth-order valence-electron chi connectivity index (χ4n) is 2.92. The van der Waals surface area contributed by atoms with Gasteiger partial charge in [0.05, 0.1) is 5.69 Å². The van der Waals surface area contributed by atoms with Crippen LogP contribution in [0.3, 0.4) is 0 Å². The van der Waals surface area contributed by atoms with Crippen LogP contribution < -0.4 is 5.32 Å². The maximum Gasteiger partial charge on any atom is 0.321 e. The number of carbonyl (C=O) groups is 1. The van der Waals surface area contributed by atoms with Gasteiger partial charge in [0.1, 0.15) is 0 Å². The maximum absolute atomic E-state index is 12.6. The van der Waals surface area contributed by atoms with Crippen LogP contribution in [0.4, 0.5) is 10.5 Å². The molecule has 0 radical (unpaired) electrons. The van der Waals surface area contributed by atoms with Gasteiger partial charge in [-0.25, -0.2) is 4.79 Å². The Balaban J connectivity index is 1.56. The van der Waals surface area contributed by atoms with Crippen LogP contribution in [-0.2, 0) is 6.54 Å². The molecule has 4 nitrogen and oxygen atoms in total. The molecule has 24 heavy (non-hydrogen) atoms. The van der Waals surface area contributed by atoms with Crippen LogP contribution in [0.5, 0.6) is 0 Å². The topological polar surface area (TPSA) is 35.6 Å². The summed E-state index contributed by atoms with van der Waals surface area (Å²) in [5.41, 5.74) is 2.26. The van der Waals surface area contributed by atoms with Crippen molar-refractivity contribution in [1.29, 1.82) is 0 Å². The molecule has 3 rings (SSSR count). The second kappa shape index (κ2) is 8.55. The molecule has 0 bridgehead atoms. The summed E-state index contributed by atoms with van der Waals surface area (Å²) in [6.45, 7) is 4.54. The van der Waals surface area contributed by atoms with Crippen LogP contribution in [0.25, 0.3) is 0 Å². The van der Waals surface area contributed by atoms with Gasteiger partial charge in [-0.2, -0.15) is 11.3 Å². The first-order valence-corrected chi connectivity index (χ1v) is 10.4. The molecule has 1 fully saturated rings. The third-order valence-corrected chi connectivity index (χ3v) is 5.74. The molecule has 0 aliphatic carbocycles. The fraction of sp³-hybridized carbons (Fsp3) is 0.389. The molecule has 0 atom stereocenters. The minimum Gasteiger partial charge on any atom is -0.323 e. The third-order valence-electron chi connectivity index (χ3n) is 4.21. The van der Waals surface area contributed by atoms with Crippen molar-refractivity contribution in [3.05, 3.63) is 46.7 Å². The van der Waals surface area contributed by atoms with Gasteiger partial charge in [-0.05, 0) is 47.2 Å². The van der Waals surface area contributed by atoms with Gasteiger partial charge in [-0.15, -0.1) is 11.8 Å². The maximum atomic E-state index is 12.6. The Bertz CT molecular complexity index is 660. The summed E-state index contributed by atoms with van der Waals surface area (Å²) in [7, 11) is 0. The highest BCUT2D eigenvalue weighted by Gasteiger charge is 2.19. The van der Waals surface area contributed by atoms with Crippen LogP contribution in [0.1, 0.15) is 12.0 Å². The predicted octanol–water partition coefficient (Wildman–Crippen LogP) is 4.21. The zero-order valence-electron chi connectivity index (χ0n) is 13.9. The van der Waals surface area contributed by atoms with E-state index in [9.17, 15) is 4.79 Å². The molecule has 2 heterocycles. The molecule has 1 aliphatic heterocycles. The first-order chi connectivity index (χ1) is 11.8. The number of carbonyl (C=O) groups excluding carboxylic acids is 1. The van der Waals surface area contributed by atoms with Crippen molar-refractivity contribution in [2.45, 2.75) is 17.9 Å². The Kier molecular flexibility index (Phi) is 6.18. The highest BCUT2D eigenvalue weighted by atomic mass is 32.2. The van der Waals surface area contributed by atoms with Crippen LogP contribution >= 0.6 is 23.1 Å². The highest BCUT2D eigenvalue weighted by Crippen LogP contribution is 2.25. The second-order valence-electron chi connectivity index (χ2n) is 5.88. The molecule has 0 unspecified atom stereocenters. The molecule has 2 aromatic rings. The van der Waals surface area contributed by atoms with Gasteiger partial charge in [-0.1, -0.05) is 12.1 Å². The molecule has 1 aromatic carbocycles. The molecule has 1 N–H and O–H groups in total. The van der Waals surface area contributed by atoms with Gasteiger partial charge in [-0.3, -0.25) is 4.90 Å². The molecule has 0 saturated carbocycles. The lowest BCUT2D eigenvalue weighted by molar-refractivity contribution is 0.211. The average molecular weight is 362 g/mol. The van der Waals surface area contributed by atoms with E-state index >= 15 is 0 Å². The molecule has 0 spiro atoms. The van der Waals surface area contributed by atoms with Crippen molar-refractivity contribution in [3.8, 4) is 0 Å². The first kappa shape index (κ1) is 17.3. The monoisotopic (exact) mass is 361 g/mol. The van der Waals surface area contributed by atoms with E-state index in [0.29, 0.717) is 0 Å². The van der Waals surface area contributed by atoms with E-state index in [2.05, 4.69) is 27.0 Å². The molecular formula is C18H23N3OS2. The number of hydrogen-bond acceptors (Lipinski definition) is 4. The zero-order chi connectivity index (χ0) is 16.8. The van der Waals surface area contributed by atoms with Crippen molar-refractivity contribution >= 4 is 34.8 Å². The summed E-state index contributed by atoms with van der Waals surface area (Å²) in [6, 6.07) is 10.1. The highest BCUT2D eigenvalue weighted by molar-refractivity contribution is 7.98. The van der Waals surface area contributed by atoms with Crippen molar-refractivity contribution in [2.24, 2.45) is 0 Å². The quantitative estimate of drug-likeness (QED) is 0.829. The van der Waals surface area contributed by atoms with Gasteiger partial charge in [0.2, 0.25) is 0 Å². The summed E-state index contributed by atoms with van der Waals surface area (Å²) in [5.74, 6) is 0. The van der Waals surface area contributed by atoms with Crippen LogP contribution in [0, 0.1) is 0 Å². The summed E-state index contributed by atoms with van der Waals surface area (Å²) < 4.78 is 0. The van der Waals surface area contributed by atoms with Crippen molar-refractivity contribution in [3.63, 3.8) is 0 Å². The normalized spacial score (nSPS) is 16.0. The SMILES string of the molecule is CSc1ccccc1NC(=O)N1CCCN(Cc2ccsc2)CC1. The largest absolute Gasteiger partial charge is 0.323 e. The lowest BCUT2D eigenvalue weighted by Crippen LogP contribution is -2.38. The van der Waals surface area contributed by atoms with Gasteiger partial charge < -0.3 is 10.2 Å². The summed E-state index contributed by atoms with van der Waals surface area (Å²) in [6.07, 6.45) is 3.04. The molecular weight excluding hydrogens is 338 g/mol. The number of para-hydroxylation sites is 1. The van der Waals surface area contributed by atoms with E-state index in [1.165, 1.54) is 5.56 Å². The number of nitrogens with one attached hydrogen (secondary N) is 1.